The molecule has 1 N–H and O–H groups in total. The van der Waals surface area contributed by atoms with Gasteiger partial charge in [-0.05, 0) is 55.3 Å². The van der Waals surface area contributed by atoms with Crippen LogP contribution in [0, 0.1) is 12.7 Å². The lowest BCUT2D eigenvalue weighted by Crippen LogP contribution is -2.37. The number of hydrogen-bond acceptors (Lipinski definition) is 5. The van der Waals surface area contributed by atoms with E-state index in [2.05, 4.69) is 10.4 Å². The second-order valence-electron chi connectivity index (χ2n) is 8.53. The van der Waals surface area contributed by atoms with Crippen molar-refractivity contribution >= 4 is 34.9 Å². The number of hydrogen-bond donors (Lipinski definition) is 1. The molecule has 178 valence electrons. The number of thioether (sulfide) groups is 1. The minimum atomic E-state index is -0.497. The molecule has 0 atom stereocenters. The molecule has 2 aromatic carbocycles. The van der Waals surface area contributed by atoms with E-state index in [1.165, 1.54) is 18.2 Å². The Labute approximate surface area is 206 Å². The number of aryl methyl sites for hydroxylation is 1. The highest BCUT2D eigenvalue weighted by atomic mass is 32.2. The van der Waals surface area contributed by atoms with Gasteiger partial charge in [0.05, 0.1) is 28.0 Å². The van der Waals surface area contributed by atoms with Crippen molar-refractivity contribution in [3.05, 3.63) is 87.8 Å². The van der Waals surface area contributed by atoms with Crippen molar-refractivity contribution in [2.45, 2.75) is 25.7 Å². The molecule has 2 heterocycles. The number of halogens is 1. The molecular formula is C26H23FN4O3S. The van der Waals surface area contributed by atoms with Crippen LogP contribution >= 0.6 is 11.8 Å². The number of nitrogens with one attached hydrogen (secondary N) is 1. The standard InChI is InChI=1S/C26H23FN4O3S/c1-16-6-2-5-9-21(16)31-23(17-10-11-17)19(15-29-31)24(32)28-12-13-30-25(33)22(35-26(30)34)14-18-7-3-4-8-20(18)27/h2-9,14-15,17H,10-13H2,1H3,(H,28,32)/b22-14-. The Bertz CT molecular complexity index is 1360. The third kappa shape index (κ3) is 4.64. The topological polar surface area (TPSA) is 84.3 Å². The van der Waals surface area contributed by atoms with Crippen LogP contribution in [0.4, 0.5) is 9.18 Å². The monoisotopic (exact) mass is 490 g/mol. The van der Waals surface area contributed by atoms with E-state index < -0.39 is 17.0 Å². The van der Waals surface area contributed by atoms with Crippen LogP contribution in [0.5, 0.6) is 0 Å². The van der Waals surface area contributed by atoms with Crippen LogP contribution in [0.2, 0.25) is 0 Å². The van der Waals surface area contributed by atoms with Gasteiger partial charge < -0.3 is 5.32 Å². The molecule has 1 saturated heterocycles. The molecule has 2 fully saturated rings. The van der Waals surface area contributed by atoms with E-state index in [9.17, 15) is 18.8 Å². The molecule has 3 amide bonds. The van der Waals surface area contributed by atoms with Gasteiger partial charge in [0.25, 0.3) is 17.1 Å². The van der Waals surface area contributed by atoms with Crippen molar-refractivity contribution in [3.63, 3.8) is 0 Å². The lowest BCUT2D eigenvalue weighted by atomic mass is 10.1. The molecule has 0 bridgehead atoms. The second kappa shape index (κ2) is 9.50. The molecule has 2 aliphatic rings. The van der Waals surface area contributed by atoms with Crippen LogP contribution < -0.4 is 5.32 Å². The molecule has 1 aromatic heterocycles. The summed E-state index contributed by atoms with van der Waals surface area (Å²) in [6.45, 7) is 2.13. The largest absolute Gasteiger partial charge is 0.350 e. The average molecular weight is 491 g/mol. The molecule has 35 heavy (non-hydrogen) atoms. The van der Waals surface area contributed by atoms with Gasteiger partial charge in [-0.1, -0.05) is 36.4 Å². The molecule has 1 saturated carbocycles. The van der Waals surface area contributed by atoms with Gasteiger partial charge in [0.1, 0.15) is 5.82 Å². The predicted molar refractivity (Wildman–Crippen MR) is 132 cm³/mol. The summed E-state index contributed by atoms with van der Waals surface area (Å²) in [6, 6.07) is 13.9. The van der Waals surface area contributed by atoms with Crippen molar-refractivity contribution in [1.29, 1.82) is 0 Å². The number of nitrogens with zero attached hydrogens (tertiary/aromatic N) is 3. The summed E-state index contributed by atoms with van der Waals surface area (Å²) < 4.78 is 15.8. The van der Waals surface area contributed by atoms with E-state index in [0.717, 1.165) is 46.4 Å². The fraction of sp³-hybridized carbons (Fsp3) is 0.231. The number of amides is 3. The lowest BCUT2D eigenvalue weighted by molar-refractivity contribution is -0.122. The fourth-order valence-electron chi connectivity index (χ4n) is 4.08. The van der Waals surface area contributed by atoms with Crippen LogP contribution in [0.3, 0.4) is 0 Å². The summed E-state index contributed by atoms with van der Waals surface area (Å²) in [5, 5.41) is 6.86. The lowest BCUT2D eigenvalue weighted by Gasteiger charge is -2.14. The maximum Gasteiger partial charge on any atom is 0.293 e. The van der Waals surface area contributed by atoms with Gasteiger partial charge in [0.15, 0.2) is 0 Å². The third-order valence-electron chi connectivity index (χ3n) is 6.05. The van der Waals surface area contributed by atoms with Crippen LogP contribution in [0.1, 0.15) is 45.9 Å². The summed E-state index contributed by atoms with van der Waals surface area (Å²) >= 11 is 0.763. The Kier molecular flexibility index (Phi) is 6.25. The predicted octanol–water partition coefficient (Wildman–Crippen LogP) is 4.66. The van der Waals surface area contributed by atoms with Gasteiger partial charge in [-0.25, -0.2) is 9.07 Å². The molecule has 3 aromatic rings. The van der Waals surface area contributed by atoms with Gasteiger partial charge in [-0.2, -0.15) is 5.10 Å². The molecule has 1 aliphatic carbocycles. The number of carbonyl (C=O) groups is 3. The molecule has 9 heteroatoms. The summed E-state index contributed by atoms with van der Waals surface area (Å²) in [6.07, 6.45) is 4.96. The molecule has 5 rings (SSSR count). The van der Waals surface area contributed by atoms with Crippen LogP contribution in [0.15, 0.2) is 59.6 Å². The number of benzene rings is 2. The minimum Gasteiger partial charge on any atom is -0.350 e. The summed E-state index contributed by atoms with van der Waals surface area (Å²) in [5.41, 5.74) is 3.63. The first kappa shape index (κ1) is 23.0. The van der Waals surface area contributed by atoms with Crippen LogP contribution in [0.25, 0.3) is 11.8 Å². The maximum atomic E-state index is 13.9. The minimum absolute atomic E-state index is 0.0235. The third-order valence-corrected chi connectivity index (χ3v) is 6.95. The second-order valence-corrected chi connectivity index (χ2v) is 9.52. The molecule has 1 aliphatic heterocycles. The van der Waals surface area contributed by atoms with E-state index in [4.69, 9.17) is 0 Å². The Morgan fingerprint density at radius 3 is 2.66 bits per heavy atom. The SMILES string of the molecule is Cc1ccccc1-n1ncc(C(=O)NCCN2C(=O)S/C(=C\c3ccccc3F)C2=O)c1C1CC1. The zero-order valence-corrected chi connectivity index (χ0v) is 19.8. The van der Waals surface area contributed by atoms with E-state index in [0.29, 0.717) is 5.56 Å². The van der Waals surface area contributed by atoms with Crippen molar-refractivity contribution in [2.24, 2.45) is 0 Å². The molecule has 0 spiro atoms. The van der Waals surface area contributed by atoms with Gasteiger partial charge in [-0.3, -0.25) is 19.3 Å². The Hall–Kier alpha value is -3.72. The normalized spacial score (nSPS) is 16.9. The number of para-hydroxylation sites is 1. The first-order valence-electron chi connectivity index (χ1n) is 11.4. The molecule has 7 nitrogen and oxygen atoms in total. The van der Waals surface area contributed by atoms with E-state index in [1.54, 1.807) is 18.3 Å². The maximum absolute atomic E-state index is 13.9. The summed E-state index contributed by atoms with van der Waals surface area (Å²) in [4.78, 5) is 39.3. The Morgan fingerprint density at radius 1 is 1.17 bits per heavy atom. The summed E-state index contributed by atoms with van der Waals surface area (Å²) in [7, 11) is 0. The molecule has 0 unspecified atom stereocenters. The van der Waals surface area contributed by atoms with E-state index >= 15 is 0 Å². The number of aromatic nitrogens is 2. The Balaban J connectivity index is 1.26. The zero-order valence-electron chi connectivity index (χ0n) is 19.0. The van der Waals surface area contributed by atoms with Gasteiger partial charge in [0, 0.05) is 24.6 Å². The van der Waals surface area contributed by atoms with Crippen molar-refractivity contribution < 1.29 is 18.8 Å². The number of imide groups is 1. The van der Waals surface area contributed by atoms with E-state index in [1.807, 2.05) is 35.9 Å². The van der Waals surface area contributed by atoms with E-state index in [-0.39, 0.29) is 35.4 Å². The number of carbonyl (C=O) groups excluding carboxylic acids is 3. The van der Waals surface area contributed by atoms with Gasteiger partial charge in [0.2, 0.25) is 0 Å². The fourth-order valence-corrected chi connectivity index (χ4v) is 4.93. The first-order valence-corrected chi connectivity index (χ1v) is 12.2. The Morgan fingerprint density at radius 2 is 1.91 bits per heavy atom. The average Bonchev–Trinajstić information content (AvgIpc) is 3.54. The molecular weight excluding hydrogens is 467 g/mol. The van der Waals surface area contributed by atoms with Gasteiger partial charge in [-0.15, -0.1) is 0 Å². The highest BCUT2D eigenvalue weighted by Gasteiger charge is 2.36. The smallest absolute Gasteiger partial charge is 0.293 e. The highest BCUT2D eigenvalue weighted by molar-refractivity contribution is 8.18. The van der Waals surface area contributed by atoms with Crippen molar-refractivity contribution in [2.75, 3.05) is 13.1 Å². The quantitative estimate of drug-likeness (QED) is 0.487. The molecule has 0 radical (unpaired) electrons. The van der Waals surface area contributed by atoms with Crippen LogP contribution in [-0.4, -0.2) is 44.8 Å². The van der Waals surface area contributed by atoms with Crippen molar-refractivity contribution in [1.82, 2.24) is 20.0 Å². The summed E-state index contributed by atoms with van der Waals surface area (Å²) in [5.74, 6) is -0.976. The van der Waals surface area contributed by atoms with Crippen molar-refractivity contribution in [3.8, 4) is 5.69 Å². The van der Waals surface area contributed by atoms with Gasteiger partial charge >= 0.3 is 0 Å². The first-order chi connectivity index (χ1) is 16.9. The zero-order chi connectivity index (χ0) is 24.5. The van der Waals surface area contributed by atoms with Crippen LogP contribution in [-0.2, 0) is 4.79 Å². The highest BCUT2D eigenvalue weighted by Crippen LogP contribution is 2.42. The number of rotatable bonds is 7.